The van der Waals surface area contributed by atoms with Crippen LogP contribution in [-0.4, -0.2) is 30.2 Å². The minimum atomic E-state index is 0.538. The van der Waals surface area contributed by atoms with Crippen molar-refractivity contribution >= 4 is 0 Å². The summed E-state index contributed by atoms with van der Waals surface area (Å²) in [5.41, 5.74) is 0. The highest BCUT2D eigenvalue weighted by molar-refractivity contribution is 4.75. The van der Waals surface area contributed by atoms with Crippen LogP contribution in [0.5, 0.6) is 0 Å². The van der Waals surface area contributed by atoms with Gasteiger partial charge in [-0.25, -0.2) is 0 Å². The summed E-state index contributed by atoms with van der Waals surface area (Å²) in [7, 11) is 2.10. The third-order valence-electron chi connectivity index (χ3n) is 3.97. The first-order chi connectivity index (χ1) is 9.04. The second-order valence-corrected chi connectivity index (χ2v) is 6.35. The number of unbranched alkanes of at least 4 members (excludes halogenated alkanes) is 6. The van der Waals surface area contributed by atoms with Crippen LogP contribution in [-0.2, 0) is 0 Å². The zero-order chi connectivity index (χ0) is 14.7. The van der Waals surface area contributed by atoms with E-state index in [2.05, 4.69) is 51.9 Å². The molecule has 0 aliphatic carbocycles. The van der Waals surface area contributed by atoms with Gasteiger partial charge in [0.15, 0.2) is 0 Å². The zero-order valence-electron chi connectivity index (χ0n) is 14.3. The van der Waals surface area contributed by atoms with Gasteiger partial charge in [0.05, 0.1) is 6.17 Å². The fourth-order valence-corrected chi connectivity index (χ4v) is 3.05. The molecule has 116 valence electrons. The Balaban J connectivity index is 3.86. The SMILES string of the molecule is CCCCCCCCCC(NC)N(C(C)C)C(C)C. The molecule has 19 heavy (non-hydrogen) atoms. The third kappa shape index (κ3) is 8.65. The topological polar surface area (TPSA) is 15.3 Å². The number of rotatable bonds is 12. The first kappa shape index (κ1) is 18.9. The monoisotopic (exact) mass is 270 g/mol. The zero-order valence-corrected chi connectivity index (χ0v) is 14.3. The minimum absolute atomic E-state index is 0.538. The van der Waals surface area contributed by atoms with Crippen molar-refractivity contribution in [2.75, 3.05) is 7.05 Å². The van der Waals surface area contributed by atoms with Crippen LogP contribution in [0, 0.1) is 0 Å². The number of nitrogens with one attached hydrogen (secondary N) is 1. The highest BCUT2D eigenvalue weighted by Crippen LogP contribution is 2.15. The average Bonchev–Trinajstić information content (AvgIpc) is 2.35. The Morgan fingerprint density at radius 3 is 1.68 bits per heavy atom. The van der Waals surface area contributed by atoms with Crippen molar-refractivity contribution in [2.45, 2.75) is 104 Å². The molecule has 0 radical (unpaired) electrons. The first-order valence-corrected chi connectivity index (χ1v) is 8.49. The van der Waals surface area contributed by atoms with Crippen molar-refractivity contribution in [1.82, 2.24) is 10.2 Å². The molecule has 0 saturated heterocycles. The lowest BCUT2D eigenvalue weighted by molar-refractivity contribution is 0.0872. The molecule has 0 aliphatic rings. The van der Waals surface area contributed by atoms with Crippen molar-refractivity contribution in [3.8, 4) is 0 Å². The fraction of sp³-hybridized carbons (Fsp3) is 1.00. The van der Waals surface area contributed by atoms with Crippen LogP contribution < -0.4 is 5.32 Å². The van der Waals surface area contributed by atoms with Crippen LogP contribution in [0.15, 0.2) is 0 Å². The number of nitrogens with zero attached hydrogens (tertiary/aromatic N) is 1. The Hall–Kier alpha value is -0.0800. The summed E-state index contributed by atoms with van der Waals surface area (Å²) in [5, 5.41) is 3.50. The maximum absolute atomic E-state index is 3.50. The van der Waals surface area contributed by atoms with E-state index in [0.717, 1.165) is 0 Å². The molecule has 0 aromatic rings. The summed E-state index contributed by atoms with van der Waals surface area (Å²) >= 11 is 0. The van der Waals surface area contributed by atoms with Crippen molar-refractivity contribution < 1.29 is 0 Å². The summed E-state index contributed by atoms with van der Waals surface area (Å²) < 4.78 is 0. The molecule has 0 bridgehead atoms. The van der Waals surface area contributed by atoms with Crippen LogP contribution in [0.4, 0.5) is 0 Å². The summed E-state index contributed by atoms with van der Waals surface area (Å²) in [6.45, 7) is 11.5. The third-order valence-corrected chi connectivity index (χ3v) is 3.97. The first-order valence-electron chi connectivity index (χ1n) is 8.49. The van der Waals surface area contributed by atoms with E-state index in [1.54, 1.807) is 0 Å². The van der Waals surface area contributed by atoms with E-state index < -0.39 is 0 Å². The molecular weight excluding hydrogens is 232 g/mol. The summed E-state index contributed by atoms with van der Waals surface area (Å²) in [6, 6.07) is 1.23. The van der Waals surface area contributed by atoms with E-state index >= 15 is 0 Å². The van der Waals surface area contributed by atoms with Crippen LogP contribution in [0.3, 0.4) is 0 Å². The second kappa shape index (κ2) is 11.7. The second-order valence-electron chi connectivity index (χ2n) is 6.35. The largest absolute Gasteiger partial charge is 0.305 e. The van der Waals surface area contributed by atoms with E-state index in [9.17, 15) is 0 Å². The van der Waals surface area contributed by atoms with Crippen LogP contribution in [0.2, 0.25) is 0 Å². The molecule has 2 heteroatoms. The molecule has 0 aromatic carbocycles. The van der Waals surface area contributed by atoms with Crippen molar-refractivity contribution in [3.63, 3.8) is 0 Å². The lowest BCUT2D eigenvalue weighted by Gasteiger charge is -2.38. The predicted octanol–water partition coefficient (Wildman–Crippen LogP) is 4.79. The maximum Gasteiger partial charge on any atom is 0.0599 e. The minimum Gasteiger partial charge on any atom is -0.305 e. The van der Waals surface area contributed by atoms with Gasteiger partial charge in [0, 0.05) is 12.1 Å². The summed E-state index contributed by atoms with van der Waals surface area (Å²) in [6.07, 6.45) is 11.6. The standard InChI is InChI=1S/C17H38N2/c1-7-8-9-10-11-12-13-14-17(18-6)19(15(2)3)16(4)5/h15-18H,7-14H2,1-6H3. The molecule has 0 aliphatic heterocycles. The molecule has 0 heterocycles. The lowest BCUT2D eigenvalue weighted by atomic mass is 10.1. The highest BCUT2D eigenvalue weighted by atomic mass is 15.3. The molecule has 0 rings (SSSR count). The van der Waals surface area contributed by atoms with Gasteiger partial charge in [-0.15, -0.1) is 0 Å². The number of hydrogen-bond acceptors (Lipinski definition) is 2. The van der Waals surface area contributed by atoms with Gasteiger partial charge in [-0.2, -0.15) is 0 Å². The van der Waals surface area contributed by atoms with Crippen LogP contribution in [0.1, 0.15) is 86.0 Å². The predicted molar refractivity (Wildman–Crippen MR) is 87.6 cm³/mol. The van der Waals surface area contributed by atoms with Gasteiger partial charge in [0.1, 0.15) is 0 Å². The quantitative estimate of drug-likeness (QED) is 0.405. The van der Waals surface area contributed by atoms with Gasteiger partial charge in [-0.1, -0.05) is 51.9 Å². The lowest BCUT2D eigenvalue weighted by Crippen LogP contribution is -2.51. The molecule has 0 spiro atoms. The van der Waals surface area contributed by atoms with Gasteiger partial charge >= 0.3 is 0 Å². The Kier molecular flexibility index (Phi) is 11.7. The molecule has 1 atom stereocenters. The van der Waals surface area contributed by atoms with Crippen LogP contribution >= 0.6 is 0 Å². The van der Waals surface area contributed by atoms with E-state index in [1.165, 1.54) is 51.4 Å². The molecular formula is C17H38N2. The summed E-state index contributed by atoms with van der Waals surface area (Å²) in [4.78, 5) is 2.59. The van der Waals surface area contributed by atoms with E-state index in [-0.39, 0.29) is 0 Å². The van der Waals surface area contributed by atoms with Gasteiger partial charge < -0.3 is 5.32 Å². The average molecular weight is 271 g/mol. The molecule has 0 amide bonds. The maximum atomic E-state index is 3.50. The molecule has 0 aromatic heterocycles. The van der Waals surface area contributed by atoms with Crippen molar-refractivity contribution in [3.05, 3.63) is 0 Å². The Bertz CT molecular complexity index is 182. The van der Waals surface area contributed by atoms with E-state index in [4.69, 9.17) is 0 Å². The van der Waals surface area contributed by atoms with Gasteiger partial charge in [0.25, 0.3) is 0 Å². The molecule has 0 fully saturated rings. The van der Waals surface area contributed by atoms with Crippen LogP contribution in [0.25, 0.3) is 0 Å². The smallest absolute Gasteiger partial charge is 0.0599 e. The summed E-state index contributed by atoms with van der Waals surface area (Å²) in [5.74, 6) is 0. The Labute approximate surface area is 122 Å². The van der Waals surface area contributed by atoms with Gasteiger partial charge in [-0.3, -0.25) is 4.90 Å². The van der Waals surface area contributed by atoms with Gasteiger partial charge in [0.2, 0.25) is 0 Å². The molecule has 1 N–H and O–H groups in total. The molecule has 0 saturated carbocycles. The van der Waals surface area contributed by atoms with E-state index in [1.807, 2.05) is 0 Å². The Morgan fingerprint density at radius 2 is 1.26 bits per heavy atom. The fourth-order valence-electron chi connectivity index (χ4n) is 3.05. The van der Waals surface area contributed by atoms with Crippen molar-refractivity contribution in [2.24, 2.45) is 0 Å². The van der Waals surface area contributed by atoms with Gasteiger partial charge in [-0.05, 0) is 41.2 Å². The van der Waals surface area contributed by atoms with E-state index in [0.29, 0.717) is 18.2 Å². The van der Waals surface area contributed by atoms with Crippen molar-refractivity contribution in [1.29, 1.82) is 0 Å². The normalized spacial score (nSPS) is 13.7. The number of hydrogen-bond donors (Lipinski definition) is 1. The highest BCUT2D eigenvalue weighted by Gasteiger charge is 2.21. The molecule has 2 nitrogen and oxygen atoms in total. The Morgan fingerprint density at radius 1 is 0.789 bits per heavy atom. The molecule has 1 unspecified atom stereocenters.